The number of rotatable bonds is 6. The summed E-state index contributed by atoms with van der Waals surface area (Å²) in [6, 6.07) is 12.5. The van der Waals surface area contributed by atoms with E-state index in [4.69, 9.17) is 14.2 Å². The number of carbonyl (C=O) groups excluding carboxylic acids is 1. The average Bonchev–Trinajstić information content (AvgIpc) is 2.69. The first-order valence-corrected chi connectivity index (χ1v) is 8.63. The largest absolute Gasteiger partial charge is 0.505 e. The Balaban J connectivity index is 2.07. The fourth-order valence-electron chi connectivity index (χ4n) is 2.85. The van der Waals surface area contributed by atoms with Gasteiger partial charge in [0.05, 0.1) is 19.9 Å². The molecule has 1 aromatic heterocycles. The number of benzene rings is 2. The van der Waals surface area contributed by atoms with Crippen LogP contribution >= 0.6 is 0 Å². The summed E-state index contributed by atoms with van der Waals surface area (Å²) in [5, 5.41) is 11.8. The SMILES string of the molecule is COC(=O)c1nc(CN(C)C)c2ccc(Oc3ccc(OC)cc3)cc2c1O. The van der Waals surface area contributed by atoms with E-state index in [2.05, 4.69) is 4.98 Å². The maximum Gasteiger partial charge on any atom is 0.360 e. The summed E-state index contributed by atoms with van der Waals surface area (Å²) in [7, 11) is 6.65. The Morgan fingerprint density at radius 3 is 2.25 bits per heavy atom. The maximum absolute atomic E-state index is 12.1. The van der Waals surface area contributed by atoms with Gasteiger partial charge >= 0.3 is 5.97 Å². The minimum atomic E-state index is -0.694. The standard InChI is InChI=1S/C21H22N2O5/c1-23(2)12-18-16-10-9-15(28-14-7-5-13(26-3)6-8-14)11-17(16)20(24)19(22-18)21(25)27-4/h5-11,24H,12H2,1-4H3. The summed E-state index contributed by atoms with van der Waals surface area (Å²) in [5.74, 6) is 0.942. The number of fused-ring (bicyclic) bond motifs is 1. The van der Waals surface area contributed by atoms with Crippen LogP contribution in [0.2, 0.25) is 0 Å². The second-order valence-corrected chi connectivity index (χ2v) is 6.47. The molecule has 0 aliphatic rings. The van der Waals surface area contributed by atoms with E-state index in [0.717, 1.165) is 11.1 Å². The number of pyridine rings is 1. The minimum Gasteiger partial charge on any atom is -0.505 e. The zero-order valence-corrected chi connectivity index (χ0v) is 16.2. The van der Waals surface area contributed by atoms with Gasteiger partial charge < -0.3 is 24.2 Å². The molecule has 0 spiro atoms. The third-order valence-corrected chi connectivity index (χ3v) is 4.17. The Hall–Kier alpha value is -3.32. The van der Waals surface area contributed by atoms with Crippen molar-refractivity contribution >= 4 is 16.7 Å². The first-order valence-electron chi connectivity index (χ1n) is 8.63. The van der Waals surface area contributed by atoms with Gasteiger partial charge in [0, 0.05) is 17.3 Å². The van der Waals surface area contributed by atoms with E-state index in [1.54, 1.807) is 43.5 Å². The van der Waals surface area contributed by atoms with Crippen molar-refractivity contribution in [1.29, 1.82) is 0 Å². The third kappa shape index (κ3) is 3.99. The van der Waals surface area contributed by atoms with Gasteiger partial charge in [0.2, 0.25) is 0 Å². The molecular formula is C21H22N2O5. The lowest BCUT2D eigenvalue weighted by molar-refractivity contribution is 0.0590. The zero-order valence-electron chi connectivity index (χ0n) is 16.2. The molecule has 0 unspecified atom stereocenters. The van der Waals surface area contributed by atoms with Gasteiger partial charge in [-0.15, -0.1) is 0 Å². The van der Waals surface area contributed by atoms with Crippen molar-refractivity contribution in [2.75, 3.05) is 28.3 Å². The van der Waals surface area contributed by atoms with Gasteiger partial charge in [-0.1, -0.05) is 0 Å². The number of ether oxygens (including phenoxy) is 3. The number of hydrogen-bond acceptors (Lipinski definition) is 7. The first kappa shape index (κ1) is 19.4. The van der Waals surface area contributed by atoms with Crippen molar-refractivity contribution in [3.8, 4) is 23.0 Å². The molecule has 7 nitrogen and oxygen atoms in total. The molecule has 1 heterocycles. The second kappa shape index (κ2) is 8.14. The van der Waals surface area contributed by atoms with E-state index >= 15 is 0 Å². The quantitative estimate of drug-likeness (QED) is 0.653. The summed E-state index contributed by atoms with van der Waals surface area (Å²) in [6.07, 6.45) is 0. The Bertz CT molecular complexity index is 1000. The highest BCUT2D eigenvalue weighted by Gasteiger charge is 2.20. The molecule has 2 aromatic carbocycles. The van der Waals surface area contributed by atoms with Gasteiger partial charge in [0.25, 0.3) is 0 Å². The van der Waals surface area contributed by atoms with Crippen molar-refractivity contribution < 1.29 is 24.1 Å². The molecule has 0 aliphatic carbocycles. The number of carbonyl (C=O) groups is 1. The molecule has 28 heavy (non-hydrogen) atoms. The molecule has 0 atom stereocenters. The number of nitrogens with zero attached hydrogens (tertiary/aromatic N) is 2. The summed E-state index contributed by atoms with van der Waals surface area (Å²) in [4.78, 5) is 18.3. The summed E-state index contributed by atoms with van der Waals surface area (Å²) in [5.41, 5.74) is 0.544. The van der Waals surface area contributed by atoms with E-state index in [-0.39, 0.29) is 11.4 Å². The highest BCUT2D eigenvalue weighted by atomic mass is 16.5. The number of aromatic nitrogens is 1. The zero-order chi connectivity index (χ0) is 20.3. The molecule has 7 heteroatoms. The number of hydrogen-bond donors (Lipinski definition) is 1. The van der Waals surface area contributed by atoms with E-state index in [0.29, 0.717) is 29.1 Å². The van der Waals surface area contributed by atoms with Gasteiger partial charge in [-0.3, -0.25) is 0 Å². The predicted octanol–water partition coefficient (Wildman–Crippen LogP) is 3.59. The molecule has 0 fully saturated rings. The summed E-state index contributed by atoms with van der Waals surface area (Å²) >= 11 is 0. The minimum absolute atomic E-state index is 0.117. The van der Waals surface area contributed by atoms with Crippen LogP contribution < -0.4 is 9.47 Å². The molecule has 0 amide bonds. The lowest BCUT2D eigenvalue weighted by Gasteiger charge is -2.15. The normalized spacial score (nSPS) is 10.9. The van der Waals surface area contributed by atoms with Gasteiger partial charge in [-0.25, -0.2) is 9.78 Å². The van der Waals surface area contributed by atoms with Gasteiger partial charge in [-0.05, 0) is 56.6 Å². The van der Waals surface area contributed by atoms with Gasteiger partial charge in [0.15, 0.2) is 11.4 Å². The molecule has 3 rings (SSSR count). The molecule has 3 aromatic rings. The van der Waals surface area contributed by atoms with Crippen molar-refractivity contribution in [3.05, 3.63) is 53.9 Å². The van der Waals surface area contributed by atoms with Crippen LogP contribution in [0.15, 0.2) is 42.5 Å². The van der Waals surface area contributed by atoms with Crippen LogP contribution in [0.1, 0.15) is 16.2 Å². The Labute approximate surface area is 163 Å². The van der Waals surface area contributed by atoms with E-state index < -0.39 is 5.97 Å². The molecule has 0 saturated heterocycles. The van der Waals surface area contributed by atoms with Crippen LogP contribution in [0, 0.1) is 0 Å². The third-order valence-electron chi connectivity index (χ3n) is 4.17. The van der Waals surface area contributed by atoms with Crippen LogP contribution in [-0.4, -0.2) is 49.3 Å². The Morgan fingerprint density at radius 2 is 1.64 bits per heavy atom. The van der Waals surface area contributed by atoms with Gasteiger partial charge in [-0.2, -0.15) is 0 Å². The van der Waals surface area contributed by atoms with E-state index in [1.165, 1.54) is 7.11 Å². The molecule has 1 N–H and O–H groups in total. The fourth-order valence-corrected chi connectivity index (χ4v) is 2.85. The van der Waals surface area contributed by atoms with E-state index in [9.17, 15) is 9.90 Å². The molecule has 0 saturated carbocycles. The Kier molecular flexibility index (Phi) is 5.65. The lowest BCUT2D eigenvalue weighted by Crippen LogP contribution is -2.15. The number of methoxy groups -OCH3 is 2. The Morgan fingerprint density at radius 1 is 1.00 bits per heavy atom. The van der Waals surface area contributed by atoms with Crippen LogP contribution in [0.3, 0.4) is 0 Å². The monoisotopic (exact) mass is 382 g/mol. The number of aromatic hydroxyl groups is 1. The number of esters is 1. The highest BCUT2D eigenvalue weighted by molar-refractivity contribution is 6.00. The maximum atomic E-state index is 12.1. The fraction of sp³-hybridized carbons (Fsp3) is 0.238. The molecule has 0 aliphatic heterocycles. The van der Waals surface area contributed by atoms with Crippen molar-refractivity contribution in [3.63, 3.8) is 0 Å². The van der Waals surface area contributed by atoms with Crippen LogP contribution in [0.4, 0.5) is 0 Å². The first-order chi connectivity index (χ1) is 13.4. The van der Waals surface area contributed by atoms with Crippen LogP contribution in [0.5, 0.6) is 23.0 Å². The second-order valence-electron chi connectivity index (χ2n) is 6.47. The molecule has 0 bridgehead atoms. The lowest BCUT2D eigenvalue weighted by atomic mass is 10.1. The molecular weight excluding hydrogens is 360 g/mol. The van der Waals surface area contributed by atoms with E-state index in [1.807, 2.05) is 25.1 Å². The highest BCUT2D eigenvalue weighted by Crippen LogP contribution is 2.35. The van der Waals surface area contributed by atoms with Crippen molar-refractivity contribution in [2.24, 2.45) is 0 Å². The smallest absolute Gasteiger partial charge is 0.360 e. The topological polar surface area (TPSA) is 81.1 Å². The van der Waals surface area contributed by atoms with Crippen LogP contribution in [-0.2, 0) is 11.3 Å². The summed E-state index contributed by atoms with van der Waals surface area (Å²) < 4.78 is 15.8. The van der Waals surface area contributed by atoms with Crippen molar-refractivity contribution in [2.45, 2.75) is 6.54 Å². The summed E-state index contributed by atoms with van der Waals surface area (Å²) in [6.45, 7) is 0.499. The molecule has 0 radical (unpaired) electrons. The predicted molar refractivity (Wildman–Crippen MR) is 105 cm³/mol. The molecule has 146 valence electrons. The van der Waals surface area contributed by atoms with Gasteiger partial charge in [0.1, 0.15) is 17.2 Å². The van der Waals surface area contributed by atoms with Crippen LogP contribution in [0.25, 0.3) is 10.8 Å². The van der Waals surface area contributed by atoms with Crippen molar-refractivity contribution in [1.82, 2.24) is 9.88 Å². The average molecular weight is 382 g/mol.